The molecule has 2 atom stereocenters. The van der Waals surface area contributed by atoms with E-state index in [9.17, 15) is 9.59 Å². The molecule has 4 nitrogen and oxygen atoms in total. The van der Waals surface area contributed by atoms with E-state index >= 15 is 0 Å². The quantitative estimate of drug-likeness (QED) is 0.765. The van der Waals surface area contributed by atoms with Crippen LogP contribution >= 0.6 is 0 Å². The average molecular weight is 278 g/mol. The summed E-state index contributed by atoms with van der Waals surface area (Å²) in [5.41, 5.74) is 0.621. The van der Waals surface area contributed by atoms with Crippen molar-refractivity contribution in [3.63, 3.8) is 0 Å². The molecule has 0 heterocycles. The van der Waals surface area contributed by atoms with Gasteiger partial charge >= 0.3 is 11.9 Å². The highest BCUT2D eigenvalue weighted by Crippen LogP contribution is 2.41. The molecule has 0 amide bonds. The normalized spacial score (nSPS) is 15.3. The summed E-state index contributed by atoms with van der Waals surface area (Å²) >= 11 is 0. The summed E-state index contributed by atoms with van der Waals surface area (Å²) in [4.78, 5) is 21.9. The Morgan fingerprint density at radius 1 is 1.15 bits per heavy atom. The van der Waals surface area contributed by atoms with E-state index in [1.807, 2.05) is 44.2 Å². The highest BCUT2D eigenvalue weighted by Gasteiger charge is 2.37. The molecule has 0 spiro atoms. The highest BCUT2D eigenvalue weighted by molar-refractivity contribution is 5.68. The summed E-state index contributed by atoms with van der Waals surface area (Å²) in [6.07, 6.45) is 1.27. The van der Waals surface area contributed by atoms with Crippen molar-refractivity contribution in [2.75, 3.05) is 0 Å². The van der Waals surface area contributed by atoms with E-state index in [2.05, 4.69) is 0 Å². The molecule has 2 N–H and O–H groups in total. The molecule has 1 aromatic rings. The fourth-order valence-corrected chi connectivity index (χ4v) is 2.96. The predicted molar refractivity (Wildman–Crippen MR) is 76.7 cm³/mol. The Morgan fingerprint density at radius 3 is 2.20 bits per heavy atom. The number of carboxylic acid groups (broad SMARTS) is 2. The smallest absolute Gasteiger partial charge is 0.303 e. The van der Waals surface area contributed by atoms with Crippen molar-refractivity contribution in [3.8, 4) is 0 Å². The predicted octanol–water partition coefficient (Wildman–Crippen LogP) is 3.31. The maximum absolute atomic E-state index is 11.0. The minimum atomic E-state index is -0.846. The summed E-state index contributed by atoms with van der Waals surface area (Å²) in [6.45, 7) is 3.89. The summed E-state index contributed by atoms with van der Waals surface area (Å²) in [5.74, 6) is -1.81. The molecule has 1 rings (SSSR count). The van der Waals surface area contributed by atoms with Gasteiger partial charge in [0.25, 0.3) is 0 Å². The Bertz CT molecular complexity index is 455. The third-order valence-corrected chi connectivity index (χ3v) is 4.19. The zero-order valence-electron chi connectivity index (χ0n) is 12.0. The zero-order chi connectivity index (χ0) is 15.2. The lowest BCUT2D eigenvalue weighted by atomic mass is 9.65. The lowest BCUT2D eigenvalue weighted by molar-refractivity contribution is -0.138. The molecule has 0 bridgehead atoms. The van der Waals surface area contributed by atoms with Crippen molar-refractivity contribution in [1.82, 2.24) is 0 Å². The molecule has 2 unspecified atom stereocenters. The van der Waals surface area contributed by atoms with E-state index < -0.39 is 17.4 Å². The molecule has 4 heteroatoms. The standard InChI is InChI=1S/C16H22O4/c1-3-16(10-9-14(17)18,12(2)11-15(19)20)13-7-5-4-6-8-13/h4-8,12H,3,9-11H2,1-2H3,(H,17,18)(H,19,20). The molecule has 0 radical (unpaired) electrons. The van der Waals surface area contributed by atoms with Crippen LogP contribution in [0, 0.1) is 5.92 Å². The largest absolute Gasteiger partial charge is 0.481 e. The first kappa shape index (κ1) is 16.2. The third-order valence-electron chi connectivity index (χ3n) is 4.19. The van der Waals surface area contributed by atoms with E-state index in [-0.39, 0.29) is 18.8 Å². The van der Waals surface area contributed by atoms with Crippen LogP contribution in [0.1, 0.15) is 45.1 Å². The van der Waals surface area contributed by atoms with E-state index in [1.165, 1.54) is 0 Å². The Morgan fingerprint density at radius 2 is 1.75 bits per heavy atom. The SMILES string of the molecule is CCC(CCC(=O)O)(c1ccccc1)C(C)CC(=O)O. The number of carbonyl (C=O) groups is 2. The molecule has 0 aliphatic rings. The van der Waals surface area contributed by atoms with Crippen molar-refractivity contribution >= 4 is 11.9 Å². The van der Waals surface area contributed by atoms with Gasteiger partial charge in [-0.2, -0.15) is 0 Å². The molecule has 0 saturated carbocycles. The van der Waals surface area contributed by atoms with Crippen LogP contribution in [0.15, 0.2) is 30.3 Å². The van der Waals surface area contributed by atoms with E-state index in [1.54, 1.807) is 0 Å². The van der Waals surface area contributed by atoms with Gasteiger partial charge in [0.15, 0.2) is 0 Å². The van der Waals surface area contributed by atoms with Gasteiger partial charge in [-0.25, -0.2) is 0 Å². The van der Waals surface area contributed by atoms with Crippen molar-refractivity contribution in [2.45, 2.75) is 44.9 Å². The maximum atomic E-state index is 11.0. The van der Waals surface area contributed by atoms with Crippen LogP contribution in [0.3, 0.4) is 0 Å². The second-order valence-electron chi connectivity index (χ2n) is 5.27. The number of rotatable bonds is 8. The second kappa shape index (κ2) is 7.08. The molecule has 0 aliphatic carbocycles. The van der Waals surface area contributed by atoms with Crippen molar-refractivity contribution in [1.29, 1.82) is 0 Å². The highest BCUT2D eigenvalue weighted by atomic mass is 16.4. The van der Waals surface area contributed by atoms with Crippen molar-refractivity contribution in [2.24, 2.45) is 5.92 Å². The topological polar surface area (TPSA) is 74.6 Å². The van der Waals surface area contributed by atoms with Crippen LogP contribution in [0.2, 0.25) is 0 Å². The lowest BCUT2D eigenvalue weighted by Crippen LogP contribution is -2.35. The van der Waals surface area contributed by atoms with E-state index in [0.717, 1.165) is 12.0 Å². The second-order valence-corrected chi connectivity index (χ2v) is 5.27. The molecule has 0 fully saturated rings. The van der Waals surface area contributed by atoms with E-state index in [4.69, 9.17) is 10.2 Å². The first-order valence-electron chi connectivity index (χ1n) is 6.91. The third kappa shape index (κ3) is 3.83. The molecule has 20 heavy (non-hydrogen) atoms. The van der Waals surface area contributed by atoms with Gasteiger partial charge in [-0.05, 0) is 29.7 Å². The van der Waals surface area contributed by atoms with Crippen LogP contribution < -0.4 is 0 Å². The van der Waals surface area contributed by atoms with Gasteiger partial charge in [-0.1, -0.05) is 44.2 Å². The number of benzene rings is 1. The van der Waals surface area contributed by atoms with Crippen molar-refractivity contribution < 1.29 is 19.8 Å². The van der Waals surface area contributed by atoms with E-state index in [0.29, 0.717) is 6.42 Å². The van der Waals surface area contributed by atoms with Gasteiger partial charge in [-0.15, -0.1) is 0 Å². The number of carboxylic acids is 2. The first-order valence-corrected chi connectivity index (χ1v) is 6.91. The molecule has 0 aliphatic heterocycles. The Balaban J connectivity index is 3.14. The molecular formula is C16H22O4. The Kier molecular flexibility index (Phi) is 5.74. The van der Waals surface area contributed by atoms with Crippen molar-refractivity contribution in [3.05, 3.63) is 35.9 Å². The van der Waals surface area contributed by atoms with Crippen LogP contribution in [0.4, 0.5) is 0 Å². The van der Waals surface area contributed by atoms with Crippen LogP contribution in [-0.2, 0) is 15.0 Å². The van der Waals surface area contributed by atoms with Gasteiger partial charge in [0, 0.05) is 12.8 Å². The van der Waals surface area contributed by atoms with Gasteiger partial charge < -0.3 is 10.2 Å². The van der Waals surface area contributed by atoms with Crippen LogP contribution in [0.5, 0.6) is 0 Å². The summed E-state index contributed by atoms with van der Waals surface area (Å²) in [5, 5.41) is 18.0. The number of hydrogen-bond donors (Lipinski definition) is 2. The number of aliphatic carboxylic acids is 2. The molecule has 1 aromatic carbocycles. The summed E-state index contributed by atoms with van der Waals surface area (Å²) in [7, 11) is 0. The fourth-order valence-electron chi connectivity index (χ4n) is 2.96. The fraction of sp³-hybridized carbons (Fsp3) is 0.500. The molecular weight excluding hydrogens is 256 g/mol. The van der Waals surface area contributed by atoms with Gasteiger partial charge in [0.05, 0.1) is 0 Å². The Labute approximate surface area is 119 Å². The van der Waals surface area contributed by atoms with Gasteiger partial charge in [0.2, 0.25) is 0 Å². The van der Waals surface area contributed by atoms with Gasteiger partial charge in [0.1, 0.15) is 0 Å². The number of hydrogen-bond acceptors (Lipinski definition) is 2. The zero-order valence-corrected chi connectivity index (χ0v) is 12.0. The summed E-state index contributed by atoms with van der Waals surface area (Å²) in [6, 6.07) is 9.65. The summed E-state index contributed by atoms with van der Waals surface area (Å²) < 4.78 is 0. The van der Waals surface area contributed by atoms with Gasteiger partial charge in [-0.3, -0.25) is 9.59 Å². The first-order chi connectivity index (χ1) is 9.42. The Hall–Kier alpha value is -1.84. The monoisotopic (exact) mass is 278 g/mol. The lowest BCUT2D eigenvalue weighted by Gasteiger charge is -2.38. The minimum Gasteiger partial charge on any atom is -0.481 e. The molecule has 0 aromatic heterocycles. The molecule has 110 valence electrons. The maximum Gasteiger partial charge on any atom is 0.303 e. The molecule has 0 saturated heterocycles. The van der Waals surface area contributed by atoms with Crippen LogP contribution in [0.25, 0.3) is 0 Å². The minimum absolute atomic E-state index is 0.0440. The van der Waals surface area contributed by atoms with Crippen LogP contribution in [-0.4, -0.2) is 22.2 Å². The average Bonchev–Trinajstić information content (AvgIpc) is 2.40.